The van der Waals surface area contributed by atoms with E-state index in [2.05, 4.69) is 9.72 Å². The molecule has 0 bridgehead atoms. The Hall–Kier alpha value is -2.47. The van der Waals surface area contributed by atoms with Gasteiger partial charge in [0, 0.05) is 5.57 Å². The molecule has 5 nitrogen and oxygen atoms in total. The molecule has 1 aromatic heterocycles. The molecule has 0 atom stereocenters. The number of fused-ring (bicyclic) bond motifs is 1. The molecule has 0 saturated carbocycles. The van der Waals surface area contributed by atoms with Crippen molar-refractivity contribution in [2.24, 2.45) is 0 Å². The molecule has 0 amide bonds. The number of ether oxygens (including phenoxy) is 1. The molecule has 1 aliphatic rings. The highest BCUT2D eigenvalue weighted by Gasteiger charge is 2.26. The van der Waals surface area contributed by atoms with E-state index in [0.717, 1.165) is 28.9 Å². The van der Waals surface area contributed by atoms with Gasteiger partial charge in [-0.3, -0.25) is 4.79 Å². The topological polar surface area (TPSA) is 82.3 Å². The number of carbonyl (C=O) groups is 2. The van der Waals surface area contributed by atoms with Gasteiger partial charge in [0.25, 0.3) is 0 Å². The minimum Gasteiger partial charge on any atom is -0.464 e. The summed E-state index contributed by atoms with van der Waals surface area (Å²) in [4.78, 5) is 28.1. The lowest BCUT2D eigenvalue weighted by Gasteiger charge is -2.02. The van der Waals surface area contributed by atoms with Crippen molar-refractivity contribution in [3.05, 3.63) is 52.2 Å². The maximum Gasteiger partial charge on any atom is 0.359 e. The Kier molecular flexibility index (Phi) is 3.31. The van der Waals surface area contributed by atoms with Crippen LogP contribution in [0, 0.1) is 0 Å². The molecular formula is C15H12N2O3S. The number of hydrogen-bond donors (Lipinski definition) is 1. The summed E-state index contributed by atoms with van der Waals surface area (Å²) in [6.45, 7) is 0. The average molecular weight is 300 g/mol. The molecule has 1 heterocycles. The van der Waals surface area contributed by atoms with Crippen LogP contribution in [0.2, 0.25) is 0 Å². The minimum absolute atomic E-state index is 0.00210. The number of allylic oxidation sites excluding steroid dienone is 2. The maximum atomic E-state index is 12.6. The number of methoxy groups -OCH3 is 1. The molecule has 0 radical (unpaired) electrons. The third kappa shape index (κ3) is 2.23. The van der Waals surface area contributed by atoms with Crippen LogP contribution in [0.3, 0.4) is 0 Å². The molecule has 1 aliphatic carbocycles. The van der Waals surface area contributed by atoms with Gasteiger partial charge in [-0.25, -0.2) is 9.78 Å². The van der Waals surface area contributed by atoms with Crippen LogP contribution in [0.25, 0.3) is 5.57 Å². The van der Waals surface area contributed by atoms with Crippen molar-refractivity contribution in [3.8, 4) is 0 Å². The highest BCUT2D eigenvalue weighted by molar-refractivity contribution is 7.18. The first-order valence-electron chi connectivity index (χ1n) is 6.29. The van der Waals surface area contributed by atoms with E-state index < -0.39 is 5.97 Å². The molecule has 0 fully saturated rings. The predicted molar refractivity (Wildman–Crippen MR) is 80.3 cm³/mol. The lowest BCUT2D eigenvalue weighted by atomic mass is 10.0. The van der Waals surface area contributed by atoms with Crippen LogP contribution in [0.4, 0.5) is 5.00 Å². The summed E-state index contributed by atoms with van der Waals surface area (Å²) in [7, 11) is 1.25. The number of rotatable bonds is 3. The van der Waals surface area contributed by atoms with Crippen LogP contribution < -0.4 is 5.73 Å². The number of nitrogens with zero attached hydrogens (tertiary/aromatic N) is 1. The molecule has 21 heavy (non-hydrogen) atoms. The molecule has 0 spiro atoms. The second-order valence-electron chi connectivity index (χ2n) is 4.53. The first-order chi connectivity index (χ1) is 10.1. The quantitative estimate of drug-likeness (QED) is 0.695. The maximum absolute atomic E-state index is 12.6. The lowest BCUT2D eigenvalue weighted by Crippen LogP contribution is -2.06. The van der Waals surface area contributed by atoms with Gasteiger partial charge in [-0.05, 0) is 17.5 Å². The van der Waals surface area contributed by atoms with E-state index in [1.165, 1.54) is 7.11 Å². The van der Waals surface area contributed by atoms with Gasteiger partial charge in [0.1, 0.15) is 5.00 Å². The summed E-state index contributed by atoms with van der Waals surface area (Å²) in [6, 6.07) is 7.73. The van der Waals surface area contributed by atoms with Gasteiger partial charge in [-0.2, -0.15) is 0 Å². The van der Waals surface area contributed by atoms with E-state index in [-0.39, 0.29) is 21.5 Å². The van der Waals surface area contributed by atoms with Crippen molar-refractivity contribution in [3.63, 3.8) is 0 Å². The number of esters is 1. The SMILES string of the molecule is COC(=O)c1nc(C(=O)C2=CCc3ccccc32)sc1N. The number of ketones is 1. The molecule has 2 N–H and O–H groups in total. The van der Waals surface area contributed by atoms with E-state index >= 15 is 0 Å². The lowest BCUT2D eigenvalue weighted by molar-refractivity contribution is 0.0596. The number of nitrogens with two attached hydrogens (primary N) is 1. The highest BCUT2D eigenvalue weighted by Crippen LogP contribution is 2.32. The Bertz CT molecular complexity index is 777. The third-order valence-electron chi connectivity index (χ3n) is 3.30. The minimum atomic E-state index is -0.636. The summed E-state index contributed by atoms with van der Waals surface area (Å²) in [5, 5.41) is 0.396. The number of benzene rings is 1. The standard InChI is InChI=1S/C15H12N2O3S/c1-20-15(19)11-13(16)21-14(17-11)12(18)10-7-6-8-4-2-3-5-9(8)10/h2-5,7H,6,16H2,1H3. The van der Waals surface area contributed by atoms with Crippen molar-refractivity contribution >= 4 is 33.7 Å². The second-order valence-corrected chi connectivity index (χ2v) is 5.56. The third-order valence-corrected chi connectivity index (χ3v) is 4.19. The van der Waals surface area contributed by atoms with Crippen molar-refractivity contribution in [2.75, 3.05) is 12.8 Å². The summed E-state index contributed by atoms with van der Waals surface area (Å²) in [5.41, 5.74) is 8.36. The van der Waals surface area contributed by atoms with Gasteiger partial charge >= 0.3 is 5.97 Å². The number of nitrogen functional groups attached to an aromatic ring is 1. The van der Waals surface area contributed by atoms with Crippen LogP contribution in [-0.4, -0.2) is 23.8 Å². The predicted octanol–water partition coefficient (Wildman–Crippen LogP) is 2.33. The summed E-state index contributed by atoms with van der Waals surface area (Å²) >= 11 is 1.00. The Labute approximate surface area is 125 Å². The summed E-state index contributed by atoms with van der Waals surface area (Å²) in [5.74, 6) is -0.851. The van der Waals surface area contributed by atoms with E-state index in [1.807, 2.05) is 30.3 Å². The second kappa shape index (κ2) is 5.14. The number of thiazole rings is 1. The first kappa shape index (κ1) is 13.5. The molecule has 6 heteroatoms. The number of anilines is 1. The van der Waals surface area contributed by atoms with Gasteiger partial charge < -0.3 is 10.5 Å². The highest BCUT2D eigenvalue weighted by atomic mass is 32.1. The molecule has 0 aliphatic heterocycles. The number of carbonyl (C=O) groups excluding carboxylic acids is 2. The fourth-order valence-electron chi connectivity index (χ4n) is 2.29. The van der Waals surface area contributed by atoms with Crippen LogP contribution in [0.1, 0.15) is 31.4 Å². The Balaban J connectivity index is 1.96. The van der Waals surface area contributed by atoms with E-state index in [0.29, 0.717) is 5.57 Å². The van der Waals surface area contributed by atoms with Crippen molar-refractivity contribution < 1.29 is 14.3 Å². The van der Waals surface area contributed by atoms with Gasteiger partial charge in [0.15, 0.2) is 10.7 Å². The van der Waals surface area contributed by atoms with Gasteiger partial charge in [-0.15, -0.1) is 0 Å². The number of hydrogen-bond acceptors (Lipinski definition) is 6. The van der Waals surface area contributed by atoms with Crippen LogP contribution in [0.5, 0.6) is 0 Å². The van der Waals surface area contributed by atoms with Crippen LogP contribution >= 0.6 is 11.3 Å². The summed E-state index contributed by atoms with van der Waals surface area (Å²) in [6.07, 6.45) is 2.60. The van der Waals surface area contributed by atoms with Gasteiger partial charge in [0.05, 0.1) is 7.11 Å². The molecule has 0 saturated heterocycles. The first-order valence-corrected chi connectivity index (χ1v) is 7.11. The molecule has 0 unspecified atom stereocenters. The fraction of sp³-hybridized carbons (Fsp3) is 0.133. The summed E-state index contributed by atoms with van der Waals surface area (Å²) < 4.78 is 4.59. The molecular weight excluding hydrogens is 288 g/mol. The Morgan fingerprint density at radius 1 is 1.33 bits per heavy atom. The van der Waals surface area contributed by atoms with Gasteiger partial charge in [0.2, 0.25) is 5.78 Å². The molecule has 1 aromatic carbocycles. The van der Waals surface area contributed by atoms with Crippen molar-refractivity contribution in [2.45, 2.75) is 6.42 Å². The van der Waals surface area contributed by atoms with Crippen LogP contribution in [0.15, 0.2) is 30.3 Å². The van der Waals surface area contributed by atoms with E-state index in [4.69, 9.17) is 5.73 Å². The Morgan fingerprint density at radius 3 is 2.86 bits per heavy atom. The zero-order chi connectivity index (χ0) is 15.0. The zero-order valence-corrected chi connectivity index (χ0v) is 12.1. The number of Topliss-reactive ketones (excluding diaryl/α,β-unsaturated/α-hetero) is 1. The monoisotopic (exact) mass is 300 g/mol. The van der Waals surface area contributed by atoms with Crippen molar-refractivity contribution in [1.82, 2.24) is 4.98 Å². The van der Waals surface area contributed by atoms with Crippen molar-refractivity contribution in [1.29, 1.82) is 0 Å². The molecule has 2 aromatic rings. The Morgan fingerprint density at radius 2 is 2.10 bits per heavy atom. The van der Waals surface area contributed by atoms with E-state index in [9.17, 15) is 9.59 Å². The normalized spacial score (nSPS) is 12.7. The van der Waals surface area contributed by atoms with Gasteiger partial charge in [-0.1, -0.05) is 41.7 Å². The van der Waals surface area contributed by atoms with E-state index in [1.54, 1.807) is 0 Å². The smallest absolute Gasteiger partial charge is 0.359 e. The zero-order valence-electron chi connectivity index (χ0n) is 11.3. The molecule has 106 valence electrons. The van der Waals surface area contributed by atoms with Crippen LogP contribution in [-0.2, 0) is 11.2 Å². The number of aromatic nitrogens is 1. The largest absolute Gasteiger partial charge is 0.464 e. The fourth-order valence-corrected chi connectivity index (χ4v) is 3.06. The average Bonchev–Trinajstić information content (AvgIpc) is 3.09. The molecule has 3 rings (SSSR count).